The van der Waals surface area contributed by atoms with Crippen molar-refractivity contribution in [2.45, 2.75) is 13.3 Å². The van der Waals surface area contributed by atoms with E-state index in [4.69, 9.17) is 15.2 Å². The van der Waals surface area contributed by atoms with Gasteiger partial charge in [-0.25, -0.2) is 0 Å². The van der Waals surface area contributed by atoms with Gasteiger partial charge in [0.15, 0.2) is 5.96 Å². The first kappa shape index (κ1) is 21.1. The molecule has 6 heteroatoms. The van der Waals surface area contributed by atoms with Gasteiger partial charge in [0, 0.05) is 6.54 Å². The van der Waals surface area contributed by atoms with E-state index in [9.17, 15) is 0 Å². The fraction of sp³-hybridized carbons (Fsp3) is 0.316. The van der Waals surface area contributed by atoms with Gasteiger partial charge in [-0.3, -0.25) is 4.99 Å². The van der Waals surface area contributed by atoms with Gasteiger partial charge < -0.3 is 20.5 Å². The molecular weight excluding hydrogens is 429 g/mol. The second-order valence-electron chi connectivity index (χ2n) is 5.71. The van der Waals surface area contributed by atoms with Crippen molar-refractivity contribution in [1.29, 1.82) is 0 Å². The first-order chi connectivity index (χ1) is 11.6. The van der Waals surface area contributed by atoms with E-state index >= 15 is 0 Å². The second kappa shape index (κ2) is 10.8. The van der Waals surface area contributed by atoms with Gasteiger partial charge in [-0.1, -0.05) is 31.2 Å². The number of hydrogen-bond donors (Lipinski definition) is 2. The highest BCUT2D eigenvalue weighted by Gasteiger charge is 2.06. The molecule has 0 heterocycles. The Morgan fingerprint density at radius 3 is 2.40 bits per heavy atom. The summed E-state index contributed by atoms with van der Waals surface area (Å²) in [5.41, 5.74) is 8.04. The third-order valence-corrected chi connectivity index (χ3v) is 3.69. The summed E-state index contributed by atoms with van der Waals surface area (Å²) in [6.07, 6.45) is 0.940. The summed E-state index contributed by atoms with van der Waals surface area (Å²) < 4.78 is 10.5. The maximum Gasteiger partial charge on any atom is 0.193 e. The Bertz CT molecular complexity index is 675. The molecule has 0 radical (unpaired) electrons. The highest BCUT2D eigenvalue weighted by Crippen LogP contribution is 2.22. The first-order valence-electron chi connectivity index (χ1n) is 7.95. The molecule has 2 rings (SSSR count). The van der Waals surface area contributed by atoms with Crippen LogP contribution in [0.15, 0.2) is 53.5 Å². The van der Waals surface area contributed by atoms with Crippen LogP contribution in [-0.2, 0) is 6.42 Å². The Morgan fingerprint density at radius 2 is 1.76 bits per heavy atom. The van der Waals surface area contributed by atoms with Crippen LogP contribution < -0.4 is 20.5 Å². The molecule has 136 valence electrons. The Kier molecular flexibility index (Phi) is 9.12. The van der Waals surface area contributed by atoms with Crippen molar-refractivity contribution in [3.05, 3.63) is 54.1 Å². The number of hydrogen-bond acceptors (Lipinski definition) is 3. The van der Waals surface area contributed by atoms with E-state index in [1.165, 1.54) is 5.56 Å². The largest absolute Gasteiger partial charge is 0.497 e. The Hall–Kier alpha value is -1.96. The molecule has 0 aliphatic heterocycles. The number of para-hydroxylation sites is 2. The van der Waals surface area contributed by atoms with Gasteiger partial charge in [0.05, 0.1) is 19.9 Å². The predicted molar refractivity (Wildman–Crippen MR) is 114 cm³/mol. The number of halogens is 1. The number of methoxy groups -OCH3 is 2. The molecule has 0 fully saturated rings. The van der Waals surface area contributed by atoms with Crippen LogP contribution in [0.5, 0.6) is 11.5 Å². The summed E-state index contributed by atoms with van der Waals surface area (Å²) in [6.45, 7) is 2.81. The number of nitrogens with one attached hydrogen (secondary N) is 1. The van der Waals surface area contributed by atoms with Gasteiger partial charge >= 0.3 is 0 Å². The summed E-state index contributed by atoms with van der Waals surface area (Å²) in [4.78, 5) is 4.43. The zero-order chi connectivity index (χ0) is 17.4. The number of anilines is 1. The molecule has 0 saturated heterocycles. The number of rotatable bonds is 7. The number of ether oxygens (including phenoxy) is 2. The first-order valence-corrected chi connectivity index (χ1v) is 7.95. The van der Waals surface area contributed by atoms with Gasteiger partial charge in [0.2, 0.25) is 0 Å². The lowest BCUT2D eigenvalue weighted by Crippen LogP contribution is -2.24. The highest BCUT2D eigenvalue weighted by atomic mass is 127. The van der Waals surface area contributed by atoms with Crippen molar-refractivity contribution < 1.29 is 9.47 Å². The van der Waals surface area contributed by atoms with E-state index in [0.29, 0.717) is 18.4 Å². The molecule has 2 aromatic carbocycles. The van der Waals surface area contributed by atoms with E-state index in [1.807, 2.05) is 36.4 Å². The molecule has 0 amide bonds. The molecule has 0 bridgehead atoms. The summed E-state index contributed by atoms with van der Waals surface area (Å²) in [5, 5.41) is 3.08. The topological polar surface area (TPSA) is 68.9 Å². The number of nitrogens with two attached hydrogens (primary N) is 1. The second-order valence-corrected chi connectivity index (χ2v) is 5.71. The SMILES string of the molecule is COc1ccc(CC(C)CN=C(N)Nc2ccccc2OC)cc1.I. The van der Waals surface area contributed by atoms with Crippen molar-refractivity contribution in [2.24, 2.45) is 16.6 Å². The molecule has 5 nitrogen and oxygen atoms in total. The van der Waals surface area contributed by atoms with Crippen LogP contribution in [0.1, 0.15) is 12.5 Å². The van der Waals surface area contributed by atoms with Crippen molar-refractivity contribution in [3.63, 3.8) is 0 Å². The maximum atomic E-state index is 5.98. The molecule has 1 atom stereocenters. The minimum Gasteiger partial charge on any atom is -0.497 e. The van der Waals surface area contributed by atoms with E-state index in [0.717, 1.165) is 23.6 Å². The summed E-state index contributed by atoms with van der Waals surface area (Å²) in [5.74, 6) is 2.38. The predicted octanol–water partition coefficient (Wildman–Crippen LogP) is 3.93. The van der Waals surface area contributed by atoms with Crippen LogP contribution in [0.4, 0.5) is 5.69 Å². The van der Waals surface area contributed by atoms with Crippen LogP contribution in [-0.4, -0.2) is 26.7 Å². The van der Waals surface area contributed by atoms with Gasteiger partial charge in [0.1, 0.15) is 11.5 Å². The lowest BCUT2D eigenvalue weighted by atomic mass is 10.0. The molecule has 0 spiro atoms. The van der Waals surface area contributed by atoms with Crippen LogP contribution in [0.25, 0.3) is 0 Å². The minimum atomic E-state index is 0. The van der Waals surface area contributed by atoms with Crippen LogP contribution in [0, 0.1) is 5.92 Å². The number of benzene rings is 2. The fourth-order valence-electron chi connectivity index (χ4n) is 2.41. The Balaban J connectivity index is 0.00000312. The number of aliphatic imine (C=N–C) groups is 1. The van der Waals surface area contributed by atoms with E-state index in [2.05, 4.69) is 29.4 Å². The fourth-order valence-corrected chi connectivity index (χ4v) is 2.41. The van der Waals surface area contributed by atoms with Crippen molar-refractivity contribution in [1.82, 2.24) is 0 Å². The average Bonchev–Trinajstić information content (AvgIpc) is 2.61. The third-order valence-electron chi connectivity index (χ3n) is 3.69. The molecule has 0 aliphatic carbocycles. The van der Waals surface area contributed by atoms with Gasteiger partial charge in [-0.2, -0.15) is 0 Å². The van der Waals surface area contributed by atoms with Gasteiger partial charge in [-0.05, 0) is 42.2 Å². The molecule has 0 aliphatic rings. The van der Waals surface area contributed by atoms with Crippen molar-refractivity contribution in [2.75, 3.05) is 26.1 Å². The van der Waals surface area contributed by atoms with Crippen LogP contribution >= 0.6 is 24.0 Å². The monoisotopic (exact) mass is 455 g/mol. The molecule has 0 aromatic heterocycles. The molecule has 1 unspecified atom stereocenters. The summed E-state index contributed by atoms with van der Waals surface area (Å²) in [6, 6.07) is 15.7. The number of guanidine groups is 1. The lowest BCUT2D eigenvalue weighted by Gasteiger charge is -2.12. The van der Waals surface area contributed by atoms with Gasteiger partial charge in [0.25, 0.3) is 0 Å². The van der Waals surface area contributed by atoms with Crippen molar-refractivity contribution >= 4 is 35.6 Å². The average molecular weight is 455 g/mol. The zero-order valence-electron chi connectivity index (χ0n) is 14.9. The smallest absolute Gasteiger partial charge is 0.193 e. The van der Waals surface area contributed by atoms with E-state index < -0.39 is 0 Å². The van der Waals surface area contributed by atoms with Crippen molar-refractivity contribution in [3.8, 4) is 11.5 Å². The Morgan fingerprint density at radius 1 is 1.08 bits per heavy atom. The lowest BCUT2D eigenvalue weighted by molar-refractivity contribution is 0.414. The van der Waals surface area contributed by atoms with E-state index in [-0.39, 0.29) is 24.0 Å². The minimum absolute atomic E-state index is 0. The summed E-state index contributed by atoms with van der Waals surface area (Å²) in [7, 11) is 3.30. The normalized spacial score (nSPS) is 12.0. The van der Waals surface area contributed by atoms with Crippen LogP contribution in [0.3, 0.4) is 0 Å². The molecule has 0 saturated carbocycles. The van der Waals surface area contributed by atoms with Crippen LogP contribution in [0.2, 0.25) is 0 Å². The molecule has 25 heavy (non-hydrogen) atoms. The molecule has 3 N–H and O–H groups in total. The summed E-state index contributed by atoms with van der Waals surface area (Å²) >= 11 is 0. The number of nitrogens with zero attached hydrogens (tertiary/aromatic N) is 1. The zero-order valence-corrected chi connectivity index (χ0v) is 17.2. The van der Waals surface area contributed by atoms with E-state index in [1.54, 1.807) is 14.2 Å². The van der Waals surface area contributed by atoms with Gasteiger partial charge in [-0.15, -0.1) is 24.0 Å². The molecular formula is C19H26IN3O2. The molecule has 2 aromatic rings. The Labute approximate surface area is 166 Å². The maximum absolute atomic E-state index is 5.98. The standard InChI is InChI=1S/C19H25N3O2.HI/c1-14(12-15-8-10-16(23-2)11-9-15)13-21-19(20)22-17-6-4-5-7-18(17)24-3;/h4-11,14H,12-13H2,1-3H3,(H3,20,21,22);1H. The quantitative estimate of drug-likeness (QED) is 0.377. The third kappa shape index (κ3) is 6.81. The highest BCUT2D eigenvalue weighted by molar-refractivity contribution is 14.0.